The third-order valence-electron chi connectivity index (χ3n) is 4.91. The van der Waals surface area contributed by atoms with Crippen LogP contribution in [0, 0.1) is 12.8 Å². The first-order valence-electron chi connectivity index (χ1n) is 9.45. The van der Waals surface area contributed by atoms with E-state index in [-0.39, 0.29) is 12.1 Å². The van der Waals surface area contributed by atoms with Crippen molar-refractivity contribution >= 4 is 34.9 Å². The quantitative estimate of drug-likeness (QED) is 0.577. The minimum atomic E-state index is -0.686. The maximum atomic E-state index is 12.7. The van der Waals surface area contributed by atoms with Crippen molar-refractivity contribution in [3.8, 4) is 0 Å². The maximum absolute atomic E-state index is 12.7. The lowest BCUT2D eigenvalue weighted by molar-refractivity contribution is 0.186. The molecule has 144 valence electrons. The number of benzene rings is 1. The van der Waals surface area contributed by atoms with Gasteiger partial charge < -0.3 is 5.32 Å². The van der Waals surface area contributed by atoms with Gasteiger partial charge in [-0.2, -0.15) is 5.10 Å². The Balaban J connectivity index is 2.05. The number of hydrogen-bond donors (Lipinski definition) is 1. The first-order chi connectivity index (χ1) is 12.5. The number of nitrogens with one attached hydrogen (secondary N) is 1. The van der Waals surface area contributed by atoms with Crippen LogP contribution >= 0.6 is 23.2 Å². The van der Waals surface area contributed by atoms with Gasteiger partial charge in [-0.1, -0.05) is 62.9 Å². The van der Waals surface area contributed by atoms with Crippen LogP contribution in [-0.2, 0) is 0 Å². The number of carbonyl (C=O) groups is 1. The number of nitrogens with zero attached hydrogens (tertiary/aromatic N) is 2. The van der Waals surface area contributed by atoms with Crippen LogP contribution in [0.4, 0.5) is 4.79 Å². The first kappa shape index (κ1) is 21.0. The average molecular weight is 398 g/mol. The Hall–Kier alpha value is -1.26. The standard InChI is InChI=1S/C20H29Cl2N3O/c1-4-6-7-15(5-2)13-23-20(26)25-18(19(21)22)12-17(24-25)16-10-8-14(3)9-11-16/h8-11,15,18-19H,4-7,12-13H2,1-3H3,(H,23,26). The van der Waals surface area contributed by atoms with E-state index in [1.54, 1.807) is 0 Å². The van der Waals surface area contributed by atoms with Gasteiger partial charge in [0, 0.05) is 13.0 Å². The second-order valence-corrected chi connectivity index (χ2v) is 8.13. The fourth-order valence-corrected chi connectivity index (χ4v) is 3.49. The molecule has 2 amide bonds. The van der Waals surface area contributed by atoms with Gasteiger partial charge in [-0.05, 0) is 24.8 Å². The zero-order chi connectivity index (χ0) is 19.1. The predicted octanol–water partition coefficient (Wildman–Crippen LogP) is 5.50. The number of unbranched alkanes of at least 4 members (excludes halogenated alkanes) is 1. The summed E-state index contributed by atoms with van der Waals surface area (Å²) in [7, 11) is 0. The van der Waals surface area contributed by atoms with Crippen molar-refractivity contribution in [1.29, 1.82) is 0 Å². The zero-order valence-corrected chi connectivity index (χ0v) is 17.4. The van der Waals surface area contributed by atoms with Gasteiger partial charge in [-0.25, -0.2) is 9.80 Å². The summed E-state index contributed by atoms with van der Waals surface area (Å²) in [5, 5.41) is 8.96. The molecule has 0 saturated carbocycles. The fraction of sp³-hybridized carbons (Fsp3) is 0.600. The monoisotopic (exact) mass is 397 g/mol. The van der Waals surface area contributed by atoms with Crippen molar-refractivity contribution in [2.75, 3.05) is 6.54 Å². The molecule has 2 atom stereocenters. The lowest BCUT2D eigenvalue weighted by Crippen LogP contribution is -2.44. The van der Waals surface area contributed by atoms with E-state index in [2.05, 4.69) is 24.3 Å². The zero-order valence-electron chi connectivity index (χ0n) is 15.8. The molecular weight excluding hydrogens is 369 g/mol. The summed E-state index contributed by atoms with van der Waals surface area (Å²) in [4.78, 5) is 12.0. The molecule has 0 bridgehead atoms. The van der Waals surface area contributed by atoms with E-state index in [1.807, 2.05) is 31.2 Å². The molecular formula is C20H29Cl2N3O. The van der Waals surface area contributed by atoms with Gasteiger partial charge in [0.15, 0.2) is 0 Å². The summed E-state index contributed by atoms with van der Waals surface area (Å²) < 4.78 is 0. The molecule has 0 radical (unpaired) electrons. The normalized spacial score (nSPS) is 18.2. The molecule has 1 heterocycles. The summed E-state index contributed by atoms with van der Waals surface area (Å²) in [5.74, 6) is 0.489. The van der Waals surface area contributed by atoms with E-state index < -0.39 is 4.84 Å². The van der Waals surface area contributed by atoms with Crippen LogP contribution in [0.2, 0.25) is 0 Å². The lowest BCUT2D eigenvalue weighted by Gasteiger charge is -2.24. The summed E-state index contributed by atoms with van der Waals surface area (Å²) in [6, 6.07) is 7.54. The minimum absolute atomic E-state index is 0.224. The van der Waals surface area contributed by atoms with E-state index in [1.165, 1.54) is 23.4 Å². The molecule has 2 unspecified atom stereocenters. The number of rotatable bonds is 8. The number of amides is 2. The number of alkyl halides is 2. The number of aryl methyl sites for hydroxylation is 1. The smallest absolute Gasteiger partial charge is 0.336 e. The van der Waals surface area contributed by atoms with Gasteiger partial charge in [0.1, 0.15) is 4.84 Å². The van der Waals surface area contributed by atoms with Gasteiger partial charge in [-0.3, -0.25) is 0 Å². The van der Waals surface area contributed by atoms with Crippen molar-refractivity contribution in [2.45, 2.75) is 63.8 Å². The van der Waals surface area contributed by atoms with Crippen molar-refractivity contribution in [2.24, 2.45) is 11.0 Å². The van der Waals surface area contributed by atoms with Crippen LogP contribution in [0.3, 0.4) is 0 Å². The lowest BCUT2D eigenvalue weighted by atomic mass is 9.99. The summed E-state index contributed by atoms with van der Waals surface area (Å²) >= 11 is 12.3. The van der Waals surface area contributed by atoms with Gasteiger partial charge in [0.2, 0.25) is 0 Å². The summed E-state index contributed by atoms with van der Waals surface area (Å²) in [6.45, 7) is 7.04. The molecule has 1 aliphatic heterocycles. The minimum Gasteiger partial charge on any atom is -0.336 e. The van der Waals surface area contributed by atoms with Crippen LogP contribution < -0.4 is 5.32 Å². The molecule has 0 saturated heterocycles. The summed E-state index contributed by atoms with van der Waals surface area (Å²) in [6.07, 6.45) is 5.09. The van der Waals surface area contributed by atoms with E-state index in [0.717, 1.165) is 24.1 Å². The Labute approximate surface area is 166 Å². The van der Waals surface area contributed by atoms with Gasteiger partial charge >= 0.3 is 6.03 Å². The van der Waals surface area contributed by atoms with Gasteiger partial charge in [-0.15, -0.1) is 23.2 Å². The number of hydrogen-bond acceptors (Lipinski definition) is 2. The van der Waals surface area contributed by atoms with Crippen molar-refractivity contribution in [3.63, 3.8) is 0 Å². The maximum Gasteiger partial charge on any atom is 0.338 e. The molecule has 1 aromatic rings. The topological polar surface area (TPSA) is 44.7 Å². The van der Waals surface area contributed by atoms with E-state index in [0.29, 0.717) is 18.9 Å². The first-order valence-corrected chi connectivity index (χ1v) is 10.3. The highest BCUT2D eigenvalue weighted by atomic mass is 35.5. The Bertz CT molecular complexity index is 616. The molecule has 0 aliphatic carbocycles. The molecule has 0 spiro atoms. The van der Waals surface area contributed by atoms with Crippen molar-refractivity contribution in [1.82, 2.24) is 10.3 Å². The highest BCUT2D eigenvalue weighted by Gasteiger charge is 2.36. The fourth-order valence-electron chi connectivity index (χ4n) is 3.10. The molecule has 26 heavy (non-hydrogen) atoms. The Morgan fingerprint density at radius 3 is 2.58 bits per heavy atom. The Morgan fingerprint density at radius 2 is 2.00 bits per heavy atom. The molecule has 4 nitrogen and oxygen atoms in total. The SMILES string of the molecule is CCCCC(CC)CNC(=O)N1N=C(c2ccc(C)cc2)CC1C(Cl)Cl. The van der Waals surface area contributed by atoms with Gasteiger partial charge in [0.25, 0.3) is 0 Å². The van der Waals surface area contributed by atoms with Crippen LogP contribution in [-0.4, -0.2) is 34.2 Å². The largest absolute Gasteiger partial charge is 0.338 e. The molecule has 2 rings (SSSR count). The third kappa shape index (κ3) is 5.62. The molecule has 1 aliphatic rings. The molecule has 0 fully saturated rings. The van der Waals surface area contributed by atoms with Crippen molar-refractivity contribution < 1.29 is 4.79 Å². The number of hydrazone groups is 1. The molecule has 1 N–H and O–H groups in total. The van der Waals surface area contributed by atoms with Crippen LogP contribution in [0.5, 0.6) is 0 Å². The molecule has 6 heteroatoms. The van der Waals surface area contributed by atoms with E-state index >= 15 is 0 Å². The second kappa shape index (κ2) is 10.2. The van der Waals surface area contributed by atoms with E-state index in [9.17, 15) is 4.79 Å². The van der Waals surface area contributed by atoms with Crippen molar-refractivity contribution in [3.05, 3.63) is 35.4 Å². The van der Waals surface area contributed by atoms with Crippen LogP contribution in [0.15, 0.2) is 29.4 Å². The highest BCUT2D eigenvalue weighted by molar-refractivity contribution is 6.45. The predicted molar refractivity (Wildman–Crippen MR) is 110 cm³/mol. The number of urea groups is 1. The van der Waals surface area contributed by atoms with E-state index in [4.69, 9.17) is 23.2 Å². The number of halogens is 2. The third-order valence-corrected chi connectivity index (χ3v) is 5.50. The molecule has 1 aromatic carbocycles. The highest BCUT2D eigenvalue weighted by Crippen LogP contribution is 2.27. The molecule has 0 aromatic heterocycles. The Kier molecular flexibility index (Phi) is 8.23. The van der Waals surface area contributed by atoms with Crippen LogP contribution in [0.1, 0.15) is 57.1 Å². The second-order valence-electron chi connectivity index (χ2n) is 6.97. The number of carbonyl (C=O) groups excluding carboxylic acids is 1. The van der Waals surface area contributed by atoms with Crippen LogP contribution in [0.25, 0.3) is 0 Å². The average Bonchev–Trinajstić information content (AvgIpc) is 3.08. The Morgan fingerprint density at radius 1 is 1.31 bits per heavy atom. The van der Waals surface area contributed by atoms with Gasteiger partial charge in [0.05, 0.1) is 11.8 Å². The summed E-state index contributed by atoms with van der Waals surface area (Å²) in [5.41, 5.74) is 3.03.